The second-order valence-electron chi connectivity index (χ2n) is 6.31. The number of fused-ring (bicyclic) bond motifs is 1. The Kier molecular flexibility index (Phi) is 5.20. The van der Waals surface area contributed by atoms with E-state index in [-0.39, 0.29) is 23.6 Å². The Labute approximate surface area is 153 Å². The SMILES string of the molecule is CNC(=O)c1ccccc1NC(=O)Cn1nc(C(F)(F)F)c2c1CCCC2. The minimum atomic E-state index is -4.55. The fourth-order valence-electron chi connectivity index (χ4n) is 3.28. The van der Waals surface area contributed by atoms with Crippen LogP contribution in [0.2, 0.25) is 0 Å². The van der Waals surface area contributed by atoms with Gasteiger partial charge in [-0.3, -0.25) is 14.3 Å². The summed E-state index contributed by atoms with van der Waals surface area (Å²) in [4.78, 5) is 24.3. The lowest BCUT2D eigenvalue weighted by molar-refractivity contribution is -0.142. The zero-order valence-corrected chi connectivity index (χ0v) is 14.7. The molecule has 1 aromatic heterocycles. The first-order chi connectivity index (χ1) is 12.8. The van der Waals surface area contributed by atoms with Crippen LogP contribution in [0.3, 0.4) is 0 Å². The highest BCUT2D eigenvalue weighted by atomic mass is 19.4. The monoisotopic (exact) mass is 380 g/mol. The second-order valence-corrected chi connectivity index (χ2v) is 6.31. The van der Waals surface area contributed by atoms with E-state index in [0.29, 0.717) is 30.6 Å². The topological polar surface area (TPSA) is 76.0 Å². The van der Waals surface area contributed by atoms with Crippen LogP contribution in [0.15, 0.2) is 24.3 Å². The highest BCUT2D eigenvalue weighted by molar-refractivity contribution is 6.03. The van der Waals surface area contributed by atoms with Gasteiger partial charge < -0.3 is 10.6 Å². The highest BCUT2D eigenvalue weighted by Gasteiger charge is 2.39. The van der Waals surface area contributed by atoms with E-state index in [9.17, 15) is 22.8 Å². The largest absolute Gasteiger partial charge is 0.435 e. The molecule has 1 aliphatic carbocycles. The first-order valence-corrected chi connectivity index (χ1v) is 8.58. The fraction of sp³-hybridized carbons (Fsp3) is 0.389. The van der Waals surface area contributed by atoms with Crippen molar-refractivity contribution in [3.63, 3.8) is 0 Å². The Balaban J connectivity index is 1.84. The van der Waals surface area contributed by atoms with Crippen molar-refractivity contribution in [2.75, 3.05) is 12.4 Å². The van der Waals surface area contributed by atoms with Crippen LogP contribution < -0.4 is 10.6 Å². The smallest absolute Gasteiger partial charge is 0.355 e. The van der Waals surface area contributed by atoms with Crippen molar-refractivity contribution in [3.05, 3.63) is 46.8 Å². The van der Waals surface area contributed by atoms with Crippen LogP contribution in [-0.2, 0) is 30.4 Å². The summed E-state index contributed by atoms with van der Waals surface area (Å²) in [6.45, 7) is -0.347. The number of hydrogen-bond donors (Lipinski definition) is 2. The van der Waals surface area contributed by atoms with Crippen LogP contribution in [0, 0.1) is 0 Å². The zero-order valence-electron chi connectivity index (χ0n) is 14.7. The Bertz CT molecular complexity index is 874. The number of amides is 2. The number of rotatable bonds is 4. The quantitative estimate of drug-likeness (QED) is 0.857. The first kappa shape index (κ1) is 18.9. The van der Waals surface area contributed by atoms with Gasteiger partial charge in [-0.15, -0.1) is 0 Å². The van der Waals surface area contributed by atoms with Crippen LogP contribution in [0.25, 0.3) is 0 Å². The highest BCUT2D eigenvalue weighted by Crippen LogP contribution is 2.35. The van der Waals surface area contributed by atoms with E-state index in [0.717, 1.165) is 11.1 Å². The second kappa shape index (κ2) is 7.42. The maximum absolute atomic E-state index is 13.2. The summed E-state index contributed by atoms with van der Waals surface area (Å²) in [6.07, 6.45) is -2.34. The summed E-state index contributed by atoms with van der Waals surface area (Å²) in [5, 5.41) is 8.73. The van der Waals surface area contributed by atoms with Crippen LogP contribution >= 0.6 is 0 Å². The van der Waals surface area contributed by atoms with Crippen LogP contribution in [-0.4, -0.2) is 28.6 Å². The minimum absolute atomic E-state index is 0.187. The number of carbonyl (C=O) groups excluding carboxylic acids is 2. The molecule has 0 saturated heterocycles. The molecule has 6 nitrogen and oxygen atoms in total. The molecular formula is C18H19F3N4O2. The average Bonchev–Trinajstić information content (AvgIpc) is 3.00. The van der Waals surface area contributed by atoms with Crippen molar-refractivity contribution in [2.24, 2.45) is 0 Å². The van der Waals surface area contributed by atoms with Gasteiger partial charge in [0.1, 0.15) is 6.54 Å². The zero-order chi connectivity index (χ0) is 19.6. The number of carbonyl (C=O) groups is 2. The summed E-state index contributed by atoms with van der Waals surface area (Å²) >= 11 is 0. The van der Waals surface area contributed by atoms with Gasteiger partial charge >= 0.3 is 6.18 Å². The molecule has 0 saturated carbocycles. The molecule has 0 fully saturated rings. The first-order valence-electron chi connectivity index (χ1n) is 8.58. The number of nitrogens with one attached hydrogen (secondary N) is 2. The summed E-state index contributed by atoms with van der Waals surface area (Å²) in [7, 11) is 1.47. The number of para-hydroxylation sites is 1. The number of halogens is 3. The van der Waals surface area contributed by atoms with E-state index in [1.54, 1.807) is 24.3 Å². The van der Waals surface area contributed by atoms with Gasteiger partial charge in [-0.1, -0.05) is 12.1 Å². The molecule has 1 aliphatic rings. The maximum atomic E-state index is 13.2. The third-order valence-electron chi connectivity index (χ3n) is 4.49. The lowest BCUT2D eigenvalue weighted by Gasteiger charge is -2.15. The summed E-state index contributed by atoms with van der Waals surface area (Å²) in [5.41, 5.74) is 0.303. The number of nitrogens with zero attached hydrogens (tertiary/aromatic N) is 2. The normalized spacial score (nSPS) is 13.8. The molecule has 0 spiro atoms. The van der Waals surface area contributed by atoms with Gasteiger partial charge in [-0.25, -0.2) is 0 Å². The lowest BCUT2D eigenvalue weighted by Crippen LogP contribution is -2.24. The van der Waals surface area contributed by atoms with Crippen molar-refractivity contribution in [1.82, 2.24) is 15.1 Å². The van der Waals surface area contributed by atoms with Gasteiger partial charge in [-0.2, -0.15) is 18.3 Å². The molecule has 2 aromatic rings. The number of benzene rings is 1. The van der Waals surface area contributed by atoms with E-state index in [1.165, 1.54) is 7.05 Å². The van der Waals surface area contributed by atoms with Crippen LogP contribution in [0.4, 0.5) is 18.9 Å². The number of hydrogen-bond acceptors (Lipinski definition) is 3. The molecular weight excluding hydrogens is 361 g/mol. The molecule has 0 radical (unpaired) electrons. The molecule has 0 bridgehead atoms. The molecule has 1 aromatic carbocycles. The van der Waals surface area contributed by atoms with Gasteiger partial charge in [-0.05, 0) is 37.8 Å². The molecule has 0 aliphatic heterocycles. The number of alkyl halides is 3. The van der Waals surface area contributed by atoms with Crippen LogP contribution in [0.5, 0.6) is 0 Å². The third kappa shape index (κ3) is 3.96. The molecule has 1 heterocycles. The molecule has 0 unspecified atom stereocenters. The number of anilines is 1. The van der Waals surface area contributed by atoms with Crippen molar-refractivity contribution in [3.8, 4) is 0 Å². The predicted molar refractivity (Wildman–Crippen MR) is 92.3 cm³/mol. The third-order valence-corrected chi connectivity index (χ3v) is 4.49. The summed E-state index contributed by atoms with van der Waals surface area (Å²) < 4.78 is 40.8. The van der Waals surface area contributed by atoms with Gasteiger partial charge in [0.2, 0.25) is 5.91 Å². The maximum Gasteiger partial charge on any atom is 0.435 e. The standard InChI is InChI=1S/C18H19F3N4O2/c1-22-17(27)11-6-2-4-8-13(11)23-15(26)10-25-14-9-5-3-7-12(14)16(24-25)18(19,20)21/h2,4,6,8H,3,5,7,9-10H2,1H3,(H,22,27)(H,23,26). The van der Waals surface area contributed by atoms with Gasteiger partial charge in [0.25, 0.3) is 5.91 Å². The summed E-state index contributed by atoms with van der Waals surface area (Å²) in [6, 6.07) is 6.41. The van der Waals surface area contributed by atoms with Crippen molar-refractivity contribution >= 4 is 17.5 Å². The molecule has 0 atom stereocenters. The van der Waals surface area contributed by atoms with Crippen molar-refractivity contribution < 1.29 is 22.8 Å². The van der Waals surface area contributed by atoms with E-state index in [2.05, 4.69) is 15.7 Å². The molecule has 27 heavy (non-hydrogen) atoms. The summed E-state index contributed by atoms with van der Waals surface area (Å²) in [5.74, 6) is -0.919. The Hall–Kier alpha value is -2.84. The molecule has 2 amide bonds. The van der Waals surface area contributed by atoms with Crippen molar-refractivity contribution in [1.29, 1.82) is 0 Å². The lowest BCUT2D eigenvalue weighted by atomic mass is 9.95. The van der Waals surface area contributed by atoms with Gasteiger partial charge in [0.15, 0.2) is 5.69 Å². The van der Waals surface area contributed by atoms with E-state index in [1.807, 2.05) is 0 Å². The van der Waals surface area contributed by atoms with Gasteiger partial charge in [0.05, 0.1) is 11.3 Å². The Morgan fingerprint density at radius 2 is 1.89 bits per heavy atom. The molecule has 3 rings (SSSR count). The van der Waals surface area contributed by atoms with E-state index in [4.69, 9.17) is 0 Å². The minimum Gasteiger partial charge on any atom is -0.355 e. The average molecular weight is 380 g/mol. The molecule has 2 N–H and O–H groups in total. The van der Waals surface area contributed by atoms with Crippen LogP contribution in [0.1, 0.15) is 40.2 Å². The van der Waals surface area contributed by atoms with E-state index >= 15 is 0 Å². The Morgan fingerprint density at radius 3 is 2.59 bits per heavy atom. The molecule has 9 heteroatoms. The molecule has 144 valence electrons. The fourth-order valence-corrected chi connectivity index (χ4v) is 3.28. The van der Waals surface area contributed by atoms with E-state index < -0.39 is 17.8 Å². The Morgan fingerprint density at radius 1 is 1.19 bits per heavy atom. The predicted octanol–water partition coefficient (Wildman–Crippen LogP) is 2.78. The van der Waals surface area contributed by atoms with Crippen molar-refractivity contribution in [2.45, 2.75) is 38.4 Å². The number of aromatic nitrogens is 2. The van der Waals surface area contributed by atoms with Gasteiger partial charge in [0, 0.05) is 18.3 Å².